The Balaban J connectivity index is 3.34. The summed E-state index contributed by atoms with van der Waals surface area (Å²) in [6.07, 6.45) is -4.95. The molecule has 0 aromatic carbocycles. The van der Waals surface area contributed by atoms with Crippen molar-refractivity contribution in [2.45, 2.75) is 11.8 Å². The number of hydrogen-bond donors (Lipinski definition) is 1. The van der Waals surface area contributed by atoms with Crippen LogP contribution in [0.25, 0.3) is 0 Å². The van der Waals surface area contributed by atoms with E-state index in [2.05, 4.69) is 6.58 Å². The van der Waals surface area contributed by atoms with Crippen LogP contribution in [0.15, 0.2) is 29.7 Å². The molecular weight excluding hydrogens is 227 g/mol. The van der Waals surface area contributed by atoms with Gasteiger partial charge in [-0.2, -0.15) is 18.4 Å². The van der Waals surface area contributed by atoms with Crippen molar-refractivity contribution in [3.63, 3.8) is 0 Å². The molecule has 0 aliphatic heterocycles. The van der Waals surface area contributed by atoms with Crippen molar-refractivity contribution in [2.24, 2.45) is 0 Å². The number of thiophene rings is 1. The van der Waals surface area contributed by atoms with E-state index in [1.165, 1.54) is 17.5 Å². The van der Waals surface area contributed by atoms with Gasteiger partial charge in [0.15, 0.2) is 0 Å². The SMILES string of the molecule is C=C(C#N)C(O)(c1cccs1)C(F)(F)F. The molecule has 1 N–H and O–H groups in total. The number of rotatable bonds is 2. The molecule has 0 spiro atoms. The second-order valence-corrected chi connectivity index (χ2v) is 3.72. The van der Waals surface area contributed by atoms with Gasteiger partial charge in [0.1, 0.15) is 0 Å². The van der Waals surface area contributed by atoms with E-state index in [4.69, 9.17) is 5.26 Å². The Bertz CT molecular complexity index is 404. The third kappa shape index (κ3) is 1.76. The average Bonchev–Trinajstić information content (AvgIpc) is 2.66. The second kappa shape index (κ2) is 3.68. The molecule has 15 heavy (non-hydrogen) atoms. The highest BCUT2D eigenvalue weighted by Gasteiger charge is 2.58. The predicted octanol–water partition coefficient (Wildman–Crippen LogP) is 2.58. The maximum Gasteiger partial charge on any atom is 0.427 e. The van der Waals surface area contributed by atoms with E-state index in [1.54, 1.807) is 0 Å². The lowest BCUT2D eigenvalue weighted by molar-refractivity contribution is -0.246. The van der Waals surface area contributed by atoms with Gasteiger partial charge in [0.2, 0.25) is 5.60 Å². The van der Waals surface area contributed by atoms with E-state index in [0.29, 0.717) is 0 Å². The monoisotopic (exact) mass is 233 g/mol. The Morgan fingerprint density at radius 1 is 1.53 bits per heavy atom. The van der Waals surface area contributed by atoms with E-state index >= 15 is 0 Å². The molecule has 0 saturated carbocycles. The lowest BCUT2D eigenvalue weighted by atomic mass is 9.93. The average molecular weight is 233 g/mol. The van der Waals surface area contributed by atoms with Crippen LogP contribution in [0.1, 0.15) is 4.88 Å². The van der Waals surface area contributed by atoms with Crippen LogP contribution in [0.3, 0.4) is 0 Å². The van der Waals surface area contributed by atoms with Crippen molar-refractivity contribution in [3.05, 3.63) is 34.5 Å². The Hall–Kier alpha value is -1.32. The topological polar surface area (TPSA) is 44.0 Å². The summed E-state index contributed by atoms with van der Waals surface area (Å²) in [5.74, 6) is 0. The fraction of sp³-hybridized carbons (Fsp3) is 0.222. The van der Waals surface area contributed by atoms with E-state index in [1.807, 2.05) is 0 Å². The van der Waals surface area contributed by atoms with Gasteiger partial charge in [0, 0.05) is 0 Å². The third-order valence-corrected chi connectivity index (χ3v) is 2.84. The molecule has 80 valence electrons. The fourth-order valence-electron chi connectivity index (χ4n) is 1.02. The number of halogens is 3. The van der Waals surface area contributed by atoms with Gasteiger partial charge in [-0.15, -0.1) is 11.3 Å². The van der Waals surface area contributed by atoms with Gasteiger partial charge in [-0.25, -0.2) is 0 Å². The lowest BCUT2D eigenvalue weighted by Gasteiger charge is -2.28. The highest BCUT2D eigenvalue weighted by atomic mass is 32.1. The van der Waals surface area contributed by atoms with E-state index in [0.717, 1.165) is 17.4 Å². The summed E-state index contributed by atoms with van der Waals surface area (Å²) < 4.78 is 37.9. The molecule has 1 heterocycles. The second-order valence-electron chi connectivity index (χ2n) is 2.78. The van der Waals surface area contributed by atoms with Crippen molar-refractivity contribution >= 4 is 11.3 Å². The highest BCUT2D eigenvalue weighted by molar-refractivity contribution is 7.10. The minimum atomic E-state index is -4.95. The molecule has 0 radical (unpaired) electrons. The molecular formula is C9H6F3NOS. The summed E-state index contributed by atoms with van der Waals surface area (Å²) in [6, 6.07) is 3.72. The van der Waals surface area contributed by atoms with Crippen LogP contribution in [0, 0.1) is 11.3 Å². The molecule has 1 rings (SSSR count). The number of nitrogens with zero attached hydrogens (tertiary/aromatic N) is 1. The van der Waals surface area contributed by atoms with Crippen molar-refractivity contribution in [1.82, 2.24) is 0 Å². The molecule has 2 nitrogen and oxygen atoms in total. The molecule has 1 atom stereocenters. The van der Waals surface area contributed by atoms with Gasteiger partial charge in [0.05, 0.1) is 16.5 Å². The summed E-state index contributed by atoms with van der Waals surface area (Å²) in [5.41, 5.74) is -4.20. The molecule has 0 fully saturated rings. The number of nitriles is 1. The normalized spacial score (nSPS) is 15.4. The van der Waals surface area contributed by atoms with Crippen LogP contribution >= 0.6 is 11.3 Å². The molecule has 6 heteroatoms. The first-order valence-corrected chi connectivity index (χ1v) is 4.64. The fourth-order valence-corrected chi connectivity index (χ4v) is 1.90. The minimum Gasteiger partial charge on any atom is -0.371 e. The van der Waals surface area contributed by atoms with Crippen molar-refractivity contribution < 1.29 is 18.3 Å². The summed E-state index contributed by atoms with van der Waals surface area (Å²) in [6.45, 7) is 2.94. The summed E-state index contributed by atoms with van der Waals surface area (Å²) >= 11 is 0.718. The van der Waals surface area contributed by atoms with Gasteiger partial charge in [-0.3, -0.25) is 0 Å². The molecule has 0 aliphatic carbocycles. The zero-order chi connectivity index (χ0) is 11.7. The first-order chi connectivity index (χ1) is 6.84. The van der Waals surface area contributed by atoms with Gasteiger partial charge in [-0.05, 0) is 11.4 Å². The molecule has 0 bridgehead atoms. The first-order valence-electron chi connectivity index (χ1n) is 3.76. The number of hydrogen-bond acceptors (Lipinski definition) is 3. The van der Waals surface area contributed by atoms with E-state index < -0.39 is 17.4 Å². The smallest absolute Gasteiger partial charge is 0.371 e. The van der Waals surface area contributed by atoms with Gasteiger partial charge in [0.25, 0.3) is 0 Å². The Kier molecular flexibility index (Phi) is 2.88. The van der Waals surface area contributed by atoms with Gasteiger partial charge in [-0.1, -0.05) is 12.6 Å². The maximum atomic E-state index is 12.6. The molecule has 1 unspecified atom stereocenters. The lowest BCUT2D eigenvalue weighted by Crippen LogP contribution is -2.42. The summed E-state index contributed by atoms with van der Waals surface area (Å²) in [7, 11) is 0. The highest BCUT2D eigenvalue weighted by Crippen LogP contribution is 2.45. The summed E-state index contributed by atoms with van der Waals surface area (Å²) in [4.78, 5) is -0.360. The first kappa shape index (κ1) is 11.8. The van der Waals surface area contributed by atoms with Crippen molar-refractivity contribution in [2.75, 3.05) is 0 Å². The van der Waals surface area contributed by atoms with Crippen LogP contribution in [0.2, 0.25) is 0 Å². The third-order valence-electron chi connectivity index (χ3n) is 1.86. The van der Waals surface area contributed by atoms with Gasteiger partial charge >= 0.3 is 6.18 Å². The predicted molar refractivity (Wildman–Crippen MR) is 49.0 cm³/mol. The van der Waals surface area contributed by atoms with Gasteiger partial charge < -0.3 is 5.11 Å². The zero-order valence-corrected chi connectivity index (χ0v) is 8.19. The molecule has 0 amide bonds. The molecule has 0 saturated heterocycles. The molecule has 1 aromatic heterocycles. The Labute approximate surface area is 87.9 Å². The van der Waals surface area contributed by atoms with Crippen LogP contribution in [-0.2, 0) is 5.60 Å². The van der Waals surface area contributed by atoms with E-state index in [-0.39, 0.29) is 4.88 Å². The van der Waals surface area contributed by atoms with Crippen LogP contribution < -0.4 is 0 Å². The molecule has 0 aliphatic rings. The standard InChI is InChI=1S/C9H6F3NOS/c1-6(5-13)8(14,9(10,11)12)7-3-2-4-15-7/h2-4,14H,1H2. The van der Waals surface area contributed by atoms with E-state index in [9.17, 15) is 18.3 Å². The minimum absolute atomic E-state index is 0.360. The van der Waals surface area contributed by atoms with Crippen LogP contribution in [0.5, 0.6) is 0 Å². The Morgan fingerprint density at radius 3 is 2.47 bits per heavy atom. The van der Waals surface area contributed by atoms with Crippen LogP contribution in [0.4, 0.5) is 13.2 Å². The van der Waals surface area contributed by atoms with Crippen LogP contribution in [-0.4, -0.2) is 11.3 Å². The zero-order valence-electron chi connectivity index (χ0n) is 7.38. The van der Waals surface area contributed by atoms with Crippen molar-refractivity contribution in [3.8, 4) is 6.07 Å². The maximum absolute atomic E-state index is 12.6. The number of aliphatic hydroxyl groups is 1. The quantitative estimate of drug-likeness (QED) is 0.798. The summed E-state index contributed by atoms with van der Waals surface area (Å²) in [5, 5.41) is 19.4. The van der Waals surface area contributed by atoms with Crippen molar-refractivity contribution in [1.29, 1.82) is 5.26 Å². The largest absolute Gasteiger partial charge is 0.427 e. The number of alkyl halides is 3. The Morgan fingerprint density at radius 2 is 2.13 bits per heavy atom. The molecule has 1 aromatic rings.